The highest BCUT2D eigenvalue weighted by molar-refractivity contribution is 5.80. The van der Waals surface area contributed by atoms with E-state index in [1.54, 1.807) is 0 Å². The number of aromatic nitrogens is 2. The molecule has 0 bridgehead atoms. The van der Waals surface area contributed by atoms with Crippen LogP contribution in [-0.2, 0) is 0 Å². The average Bonchev–Trinajstić information content (AvgIpc) is 2.81. The Kier molecular flexibility index (Phi) is 4.30. The van der Waals surface area contributed by atoms with Gasteiger partial charge in [-0.2, -0.15) is 0 Å². The molecule has 0 amide bonds. The van der Waals surface area contributed by atoms with Gasteiger partial charge in [-0.15, -0.1) is 0 Å². The van der Waals surface area contributed by atoms with Crippen LogP contribution in [-0.4, -0.2) is 22.6 Å². The Bertz CT molecular complexity index is 532. The van der Waals surface area contributed by atoms with Crippen LogP contribution in [0.15, 0.2) is 18.2 Å². The second kappa shape index (κ2) is 5.95. The first-order valence-electron chi connectivity index (χ1n) is 7.17. The molecule has 0 saturated heterocycles. The summed E-state index contributed by atoms with van der Waals surface area (Å²) in [5, 5.41) is 0. The van der Waals surface area contributed by atoms with E-state index in [0.717, 1.165) is 35.6 Å². The van der Waals surface area contributed by atoms with Gasteiger partial charge in [-0.05, 0) is 38.0 Å². The zero-order chi connectivity index (χ0) is 13.8. The largest absolute Gasteiger partial charge is 0.399 e. The molecule has 0 fully saturated rings. The summed E-state index contributed by atoms with van der Waals surface area (Å²) >= 11 is 0. The number of H-pyrrole nitrogens is 1. The monoisotopic (exact) mass is 260 g/mol. The molecule has 0 aliphatic rings. The van der Waals surface area contributed by atoms with Crippen molar-refractivity contribution in [3.05, 3.63) is 18.2 Å². The molecule has 0 aliphatic heterocycles. The van der Waals surface area contributed by atoms with Gasteiger partial charge in [0, 0.05) is 18.3 Å². The maximum atomic E-state index is 5.81. The van der Waals surface area contributed by atoms with Crippen LogP contribution in [0, 0.1) is 0 Å². The molecule has 1 atom stereocenters. The smallest absolute Gasteiger partial charge is 0.204 e. The number of hydrogen-bond donors (Lipinski definition) is 2. The topological polar surface area (TPSA) is 57.9 Å². The molecule has 1 aromatic heterocycles. The van der Waals surface area contributed by atoms with E-state index in [1.165, 1.54) is 12.8 Å². The Labute approximate surface area is 115 Å². The maximum Gasteiger partial charge on any atom is 0.204 e. The first-order chi connectivity index (χ1) is 9.15. The molecule has 2 aromatic rings. The van der Waals surface area contributed by atoms with E-state index in [4.69, 9.17) is 10.7 Å². The molecule has 3 N–H and O–H groups in total. The highest BCUT2D eigenvalue weighted by Crippen LogP contribution is 2.22. The zero-order valence-electron chi connectivity index (χ0n) is 12.1. The highest BCUT2D eigenvalue weighted by Gasteiger charge is 2.16. The Morgan fingerprint density at radius 2 is 2.16 bits per heavy atom. The predicted molar refractivity (Wildman–Crippen MR) is 82.5 cm³/mol. The van der Waals surface area contributed by atoms with Gasteiger partial charge in [-0.1, -0.05) is 20.3 Å². The first kappa shape index (κ1) is 13.7. The van der Waals surface area contributed by atoms with Gasteiger partial charge in [0.1, 0.15) is 0 Å². The number of hydrogen-bond acceptors (Lipinski definition) is 3. The van der Waals surface area contributed by atoms with Gasteiger partial charge in [0.15, 0.2) is 0 Å². The third-order valence-corrected chi connectivity index (χ3v) is 3.64. The number of nitrogens with one attached hydrogen (secondary N) is 1. The van der Waals surface area contributed by atoms with E-state index in [2.05, 4.69) is 30.7 Å². The molecular formula is C15H24N4. The number of imidazole rings is 1. The molecule has 0 aliphatic carbocycles. The summed E-state index contributed by atoms with van der Waals surface area (Å²) in [7, 11) is 0. The molecule has 4 nitrogen and oxygen atoms in total. The Morgan fingerprint density at radius 3 is 2.84 bits per heavy atom. The van der Waals surface area contributed by atoms with Crippen molar-refractivity contribution in [1.82, 2.24) is 9.97 Å². The fourth-order valence-corrected chi connectivity index (χ4v) is 2.23. The molecule has 4 heteroatoms. The van der Waals surface area contributed by atoms with E-state index in [1.807, 2.05) is 18.2 Å². The number of nitrogens with two attached hydrogens (primary N) is 1. The van der Waals surface area contributed by atoms with E-state index in [0.29, 0.717) is 6.04 Å². The SMILES string of the molecule is CCCCN(c1nc2ccc(N)cc2[nH]1)C(C)CC. The third-order valence-electron chi connectivity index (χ3n) is 3.64. The van der Waals surface area contributed by atoms with Crippen LogP contribution < -0.4 is 10.6 Å². The minimum Gasteiger partial charge on any atom is -0.399 e. The summed E-state index contributed by atoms with van der Waals surface area (Å²) in [6.07, 6.45) is 3.49. The number of anilines is 2. The van der Waals surface area contributed by atoms with Crippen molar-refractivity contribution in [1.29, 1.82) is 0 Å². The number of aromatic amines is 1. The first-order valence-corrected chi connectivity index (χ1v) is 7.17. The molecular weight excluding hydrogens is 236 g/mol. The Morgan fingerprint density at radius 1 is 1.37 bits per heavy atom. The van der Waals surface area contributed by atoms with Crippen molar-refractivity contribution in [2.24, 2.45) is 0 Å². The molecule has 19 heavy (non-hydrogen) atoms. The van der Waals surface area contributed by atoms with Crippen LogP contribution in [0.2, 0.25) is 0 Å². The number of fused-ring (bicyclic) bond motifs is 1. The average molecular weight is 260 g/mol. The minimum atomic E-state index is 0.490. The number of nitrogen functional groups attached to an aromatic ring is 1. The summed E-state index contributed by atoms with van der Waals surface area (Å²) in [6.45, 7) is 7.72. The van der Waals surface area contributed by atoms with Gasteiger partial charge in [0.2, 0.25) is 5.95 Å². The molecule has 0 radical (unpaired) electrons. The van der Waals surface area contributed by atoms with Crippen molar-refractivity contribution in [3.8, 4) is 0 Å². The molecule has 104 valence electrons. The second-order valence-electron chi connectivity index (χ2n) is 5.14. The lowest BCUT2D eigenvalue weighted by atomic mass is 10.2. The molecule has 1 unspecified atom stereocenters. The van der Waals surface area contributed by atoms with Crippen molar-refractivity contribution < 1.29 is 0 Å². The number of unbranched alkanes of at least 4 members (excludes halogenated alkanes) is 1. The van der Waals surface area contributed by atoms with Crippen LogP contribution >= 0.6 is 0 Å². The summed E-state index contributed by atoms with van der Waals surface area (Å²) in [5.74, 6) is 0.961. The summed E-state index contributed by atoms with van der Waals surface area (Å²) < 4.78 is 0. The minimum absolute atomic E-state index is 0.490. The van der Waals surface area contributed by atoms with E-state index in [9.17, 15) is 0 Å². The van der Waals surface area contributed by atoms with Crippen LogP contribution in [0.3, 0.4) is 0 Å². The van der Waals surface area contributed by atoms with Crippen LogP contribution in [0.1, 0.15) is 40.0 Å². The number of nitrogens with zero attached hydrogens (tertiary/aromatic N) is 2. The standard InChI is InChI=1S/C15H24N4/c1-4-6-9-19(11(3)5-2)15-17-13-8-7-12(16)10-14(13)18-15/h7-8,10-11H,4-6,9,16H2,1-3H3,(H,17,18). The number of benzene rings is 1. The van der Waals surface area contributed by atoms with Crippen molar-refractivity contribution in [3.63, 3.8) is 0 Å². The van der Waals surface area contributed by atoms with E-state index < -0.39 is 0 Å². The number of rotatable bonds is 6. The van der Waals surface area contributed by atoms with Gasteiger partial charge in [-0.25, -0.2) is 4.98 Å². The molecule has 0 saturated carbocycles. The summed E-state index contributed by atoms with van der Waals surface area (Å²) in [6, 6.07) is 6.30. The maximum absolute atomic E-state index is 5.81. The Balaban J connectivity index is 2.32. The van der Waals surface area contributed by atoms with Crippen LogP contribution in [0.25, 0.3) is 11.0 Å². The van der Waals surface area contributed by atoms with Crippen LogP contribution in [0.4, 0.5) is 11.6 Å². The lowest BCUT2D eigenvalue weighted by Crippen LogP contribution is -2.34. The van der Waals surface area contributed by atoms with Crippen LogP contribution in [0.5, 0.6) is 0 Å². The van der Waals surface area contributed by atoms with E-state index in [-0.39, 0.29) is 0 Å². The highest BCUT2D eigenvalue weighted by atomic mass is 15.3. The van der Waals surface area contributed by atoms with Gasteiger partial charge in [-0.3, -0.25) is 0 Å². The van der Waals surface area contributed by atoms with Gasteiger partial charge in [0.05, 0.1) is 11.0 Å². The zero-order valence-corrected chi connectivity index (χ0v) is 12.1. The molecule has 1 aromatic carbocycles. The quantitative estimate of drug-likeness (QED) is 0.781. The normalized spacial score (nSPS) is 12.8. The third kappa shape index (κ3) is 3.00. The van der Waals surface area contributed by atoms with Crippen molar-refractivity contribution in [2.45, 2.75) is 46.1 Å². The summed E-state index contributed by atoms with van der Waals surface area (Å²) in [4.78, 5) is 10.4. The molecule has 1 heterocycles. The van der Waals surface area contributed by atoms with Gasteiger partial charge >= 0.3 is 0 Å². The lowest BCUT2D eigenvalue weighted by Gasteiger charge is -2.28. The summed E-state index contributed by atoms with van der Waals surface area (Å²) in [5.41, 5.74) is 8.58. The predicted octanol–water partition coefficient (Wildman–Crippen LogP) is 3.55. The second-order valence-corrected chi connectivity index (χ2v) is 5.14. The Hall–Kier alpha value is -1.71. The van der Waals surface area contributed by atoms with Crippen molar-refractivity contribution >= 4 is 22.7 Å². The van der Waals surface area contributed by atoms with Crippen molar-refractivity contribution in [2.75, 3.05) is 17.2 Å². The van der Waals surface area contributed by atoms with E-state index >= 15 is 0 Å². The lowest BCUT2D eigenvalue weighted by molar-refractivity contribution is 0.585. The van der Waals surface area contributed by atoms with Gasteiger partial charge in [0.25, 0.3) is 0 Å². The fraction of sp³-hybridized carbons (Fsp3) is 0.533. The molecule has 0 spiro atoms. The molecule has 2 rings (SSSR count). The fourth-order valence-electron chi connectivity index (χ4n) is 2.23. The van der Waals surface area contributed by atoms with Gasteiger partial charge < -0.3 is 15.6 Å².